The number of benzene rings is 1. The van der Waals surface area contributed by atoms with E-state index in [9.17, 15) is 19.7 Å². The van der Waals surface area contributed by atoms with Crippen LogP contribution in [0.5, 0.6) is 0 Å². The molecule has 0 aliphatic carbocycles. The molecule has 7 nitrogen and oxygen atoms in total. The van der Waals surface area contributed by atoms with Crippen LogP contribution in [0.15, 0.2) is 18.2 Å². The number of nitro groups is 1. The Labute approximate surface area is 125 Å². The third kappa shape index (κ3) is 3.13. The van der Waals surface area contributed by atoms with E-state index in [-0.39, 0.29) is 16.3 Å². The van der Waals surface area contributed by atoms with Crippen LogP contribution < -0.4 is 0 Å². The van der Waals surface area contributed by atoms with Crippen molar-refractivity contribution in [2.75, 3.05) is 13.1 Å². The minimum atomic E-state index is -0.865. The molecule has 2 rings (SSSR count). The van der Waals surface area contributed by atoms with Gasteiger partial charge < -0.3 is 10.0 Å². The summed E-state index contributed by atoms with van der Waals surface area (Å²) in [5.41, 5.74) is -0.248. The van der Waals surface area contributed by atoms with Crippen LogP contribution >= 0.6 is 11.6 Å². The summed E-state index contributed by atoms with van der Waals surface area (Å²) < 4.78 is 0. The van der Waals surface area contributed by atoms with E-state index in [0.29, 0.717) is 25.9 Å². The van der Waals surface area contributed by atoms with Crippen LogP contribution in [-0.4, -0.2) is 39.9 Å². The number of nitrogens with zero attached hydrogens (tertiary/aromatic N) is 2. The van der Waals surface area contributed by atoms with Crippen molar-refractivity contribution in [3.63, 3.8) is 0 Å². The first-order chi connectivity index (χ1) is 9.91. The molecule has 1 aromatic rings. The summed E-state index contributed by atoms with van der Waals surface area (Å²) >= 11 is 5.91. The van der Waals surface area contributed by atoms with E-state index in [0.717, 1.165) is 0 Å². The molecule has 1 saturated heterocycles. The molecule has 1 N–H and O–H groups in total. The molecule has 1 fully saturated rings. The quantitative estimate of drug-likeness (QED) is 0.681. The number of amides is 1. The van der Waals surface area contributed by atoms with Gasteiger partial charge in [0.1, 0.15) is 5.02 Å². The van der Waals surface area contributed by atoms with E-state index in [1.54, 1.807) is 0 Å². The van der Waals surface area contributed by atoms with Crippen molar-refractivity contribution >= 4 is 29.2 Å². The van der Waals surface area contributed by atoms with Crippen LogP contribution in [0.3, 0.4) is 0 Å². The van der Waals surface area contributed by atoms with E-state index in [4.69, 9.17) is 16.7 Å². The average Bonchev–Trinajstić information content (AvgIpc) is 2.46. The first-order valence-corrected chi connectivity index (χ1v) is 6.74. The first kappa shape index (κ1) is 15.2. The van der Waals surface area contributed by atoms with Gasteiger partial charge >= 0.3 is 5.97 Å². The molecule has 1 aliphatic rings. The monoisotopic (exact) mass is 312 g/mol. The fourth-order valence-electron chi connectivity index (χ4n) is 2.33. The average molecular weight is 313 g/mol. The van der Waals surface area contributed by atoms with Crippen LogP contribution in [0.1, 0.15) is 23.2 Å². The summed E-state index contributed by atoms with van der Waals surface area (Å²) in [5, 5.41) is 19.6. The molecule has 1 aromatic carbocycles. The Morgan fingerprint density at radius 3 is 2.48 bits per heavy atom. The van der Waals surface area contributed by atoms with Gasteiger partial charge in [-0.3, -0.25) is 19.7 Å². The maximum absolute atomic E-state index is 12.3. The van der Waals surface area contributed by atoms with Gasteiger partial charge in [0, 0.05) is 19.2 Å². The van der Waals surface area contributed by atoms with Gasteiger partial charge in [0.2, 0.25) is 0 Å². The molecule has 1 aliphatic heterocycles. The van der Waals surface area contributed by atoms with Gasteiger partial charge in [-0.05, 0) is 18.9 Å². The number of halogens is 1. The Hall–Kier alpha value is -2.15. The smallest absolute Gasteiger partial charge is 0.306 e. The minimum absolute atomic E-state index is 0.0691. The lowest BCUT2D eigenvalue weighted by molar-refractivity contribution is -0.384. The number of aliphatic carboxylic acids is 1. The lowest BCUT2D eigenvalue weighted by Gasteiger charge is -2.30. The second kappa shape index (κ2) is 6.09. The maximum atomic E-state index is 12.3. The summed E-state index contributed by atoms with van der Waals surface area (Å²) in [7, 11) is 0. The minimum Gasteiger partial charge on any atom is -0.481 e. The molecular formula is C13H13ClN2O5. The van der Waals surface area contributed by atoms with E-state index >= 15 is 0 Å². The van der Waals surface area contributed by atoms with Crippen molar-refractivity contribution < 1.29 is 19.6 Å². The highest BCUT2D eigenvalue weighted by atomic mass is 35.5. The lowest BCUT2D eigenvalue weighted by atomic mass is 9.96. The molecule has 0 atom stereocenters. The van der Waals surface area contributed by atoms with Crippen LogP contribution in [0.2, 0.25) is 5.02 Å². The topological polar surface area (TPSA) is 101 Å². The lowest BCUT2D eigenvalue weighted by Crippen LogP contribution is -2.40. The number of carbonyl (C=O) groups is 2. The molecule has 1 amide bonds. The second-order valence-corrected chi connectivity index (χ2v) is 5.18. The van der Waals surface area contributed by atoms with E-state index in [1.165, 1.54) is 23.1 Å². The summed E-state index contributed by atoms with van der Waals surface area (Å²) in [6, 6.07) is 4.07. The normalized spacial score (nSPS) is 15.8. The highest BCUT2D eigenvalue weighted by molar-refractivity contribution is 6.35. The molecular weight excluding hydrogens is 300 g/mol. The molecule has 8 heteroatoms. The van der Waals surface area contributed by atoms with Crippen molar-refractivity contribution in [2.24, 2.45) is 5.92 Å². The van der Waals surface area contributed by atoms with Crippen molar-refractivity contribution in [1.82, 2.24) is 4.90 Å². The predicted octanol–water partition coefficient (Wildman–Crippen LogP) is 2.19. The number of hydrogen-bond donors (Lipinski definition) is 1. The molecule has 0 aromatic heterocycles. The van der Waals surface area contributed by atoms with Gasteiger partial charge in [-0.2, -0.15) is 0 Å². The summed E-state index contributed by atoms with van der Waals surface area (Å²) in [6.07, 6.45) is 0.737. The second-order valence-electron chi connectivity index (χ2n) is 4.80. The van der Waals surface area contributed by atoms with Crippen molar-refractivity contribution in [3.05, 3.63) is 38.9 Å². The Balaban J connectivity index is 2.17. The summed E-state index contributed by atoms with van der Waals surface area (Å²) in [6.45, 7) is 0.601. The number of rotatable bonds is 3. The van der Waals surface area contributed by atoms with Gasteiger partial charge in [-0.15, -0.1) is 0 Å². The Morgan fingerprint density at radius 1 is 1.33 bits per heavy atom. The van der Waals surface area contributed by atoms with E-state index in [1.807, 2.05) is 0 Å². The van der Waals surface area contributed by atoms with E-state index < -0.39 is 22.7 Å². The zero-order valence-electron chi connectivity index (χ0n) is 11.0. The molecule has 1 heterocycles. The maximum Gasteiger partial charge on any atom is 0.306 e. The third-order valence-electron chi connectivity index (χ3n) is 3.54. The highest BCUT2D eigenvalue weighted by Gasteiger charge is 2.29. The van der Waals surface area contributed by atoms with Gasteiger partial charge in [-0.25, -0.2) is 0 Å². The number of carboxylic acid groups (broad SMARTS) is 1. The molecule has 0 spiro atoms. The predicted molar refractivity (Wildman–Crippen MR) is 74.4 cm³/mol. The van der Waals surface area contributed by atoms with Gasteiger partial charge in [-0.1, -0.05) is 17.7 Å². The van der Waals surface area contributed by atoms with Gasteiger partial charge in [0.05, 0.1) is 16.4 Å². The number of carboxylic acids is 1. The zero-order valence-corrected chi connectivity index (χ0v) is 11.7. The van der Waals surface area contributed by atoms with Crippen LogP contribution in [-0.2, 0) is 4.79 Å². The number of piperidine rings is 1. The van der Waals surface area contributed by atoms with E-state index in [2.05, 4.69) is 0 Å². The Kier molecular flexibility index (Phi) is 4.42. The van der Waals surface area contributed by atoms with Gasteiger partial charge in [0.25, 0.3) is 11.6 Å². The molecule has 112 valence electrons. The third-order valence-corrected chi connectivity index (χ3v) is 3.93. The summed E-state index contributed by atoms with van der Waals surface area (Å²) in [5.74, 6) is -1.72. The zero-order chi connectivity index (χ0) is 15.6. The van der Waals surface area contributed by atoms with Crippen molar-refractivity contribution in [1.29, 1.82) is 0 Å². The van der Waals surface area contributed by atoms with Crippen LogP contribution in [0.25, 0.3) is 0 Å². The van der Waals surface area contributed by atoms with Crippen molar-refractivity contribution in [2.45, 2.75) is 12.8 Å². The fourth-order valence-corrected chi connectivity index (χ4v) is 2.60. The largest absolute Gasteiger partial charge is 0.481 e. The Morgan fingerprint density at radius 2 is 1.95 bits per heavy atom. The molecule has 0 bridgehead atoms. The van der Waals surface area contributed by atoms with Crippen molar-refractivity contribution in [3.8, 4) is 0 Å². The Bertz CT molecular complexity index is 596. The molecule has 0 saturated carbocycles. The van der Waals surface area contributed by atoms with Crippen LogP contribution in [0.4, 0.5) is 5.69 Å². The SMILES string of the molecule is O=C(O)C1CCN(C(=O)c2cccc([N+](=O)[O-])c2Cl)CC1. The number of nitro benzene ring substituents is 1. The highest BCUT2D eigenvalue weighted by Crippen LogP contribution is 2.29. The summed E-state index contributed by atoms with van der Waals surface area (Å²) in [4.78, 5) is 34.9. The standard InChI is InChI=1S/C13H13ClN2O5/c14-11-9(2-1-3-10(11)16(20)21)12(17)15-6-4-8(5-7-15)13(18)19/h1-3,8H,4-7H2,(H,18,19). The molecule has 21 heavy (non-hydrogen) atoms. The van der Waals surface area contributed by atoms with Gasteiger partial charge in [0.15, 0.2) is 0 Å². The molecule has 0 unspecified atom stereocenters. The number of likely N-dealkylation sites (tertiary alicyclic amines) is 1. The molecule has 0 radical (unpaired) electrons. The first-order valence-electron chi connectivity index (χ1n) is 6.36. The number of carbonyl (C=O) groups excluding carboxylic acids is 1. The van der Waals surface area contributed by atoms with Crippen LogP contribution in [0, 0.1) is 16.0 Å². The fraction of sp³-hybridized carbons (Fsp3) is 0.385. The number of hydrogen-bond acceptors (Lipinski definition) is 4.